The van der Waals surface area contributed by atoms with Gasteiger partial charge in [0.05, 0.1) is 35.3 Å². The number of fused-ring (bicyclic) bond motifs is 1. The Hall–Kier alpha value is -5.58. The van der Waals surface area contributed by atoms with Crippen molar-refractivity contribution >= 4 is 91.9 Å². The highest BCUT2D eigenvalue weighted by molar-refractivity contribution is 7.36. The van der Waals surface area contributed by atoms with Gasteiger partial charge in [0, 0.05) is 38.1 Å². The molecule has 0 bridgehead atoms. The molecule has 0 spiro atoms. The molecule has 1 unspecified atom stereocenters. The van der Waals surface area contributed by atoms with Crippen molar-refractivity contribution in [3.05, 3.63) is 211 Å². The lowest BCUT2D eigenvalue weighted by atomic mass is 9.78. The molecule has 8 rings (SSSR count). The van der Waals surface area contributed by atoms with Gasteiger partial charge in [-0.15, -0.1) is 45.3 Å². The zero-order valence-electron chi connectivity index (χ0n) is 38.6. The van der Waals surface area contributed by atoms with E-state index in [1.54, 1.807) is 28.7 Å². The van der Waals surface area contributed by atoms with Gasteiger partial charge >= 0.3 is 0 Å². The predicted octanol–water partition coefficient (Wildman–Crippen LogP) is 13.8. The topological polar surface area (TPSA) is 57.5 Å². The van der Waals surface area contributed by atoms with Gasteiger partial charge in [0.2, 0.25) is 0 Å². The molecule has 2 N–H and O–H groups in total. The third-order valence-electron chi connectivity index (χ3n) is 11.7. The van der Waals surface area contributed by atoms with E-state index < -0.39 is 27.3 Å². The molecule has 66 heavy (non-hydrogen) atoms. The van der Waals surface area contributed by atoms with E-state index in [1.807, 2.05) is 59.1 Å². The van der Waals surface area contributed by atoms with Crippen LogP contribution in [0.3, 0.4) is 0 Å². The standard InChI is InChI=1S/C57H50O3S4Si2/c1-38-17-25-42(26-18-38)56(59,43-27-19-39(2)20-28-43)50-52(46-33-35-48(61-46)65(4,5)6)63-55-51(53(64-54(50)55)47-34-36-49(62-47)66(7,8)9)57(60,44-29-21-40(3)22-30-44)45-31-23-41(24-32-45)16-14-12-10-11-13-15-37-58/h16-36,59-60H,1-9H3. The van der Waals surface area contributed by atoms with Gasteiger partial charge in [-0.05, 0) is 87.3 Å². The molecular weight excluding hydrogens is 917 g/mol. The fraction of sp³-hybridized carbons (Fsp3) is 0.193. The average Bonchev–Trinajstić information content (AvgIpc) is 4.11. The molecule has 0 aliphatic heterocycles. The molecule has 0 aliphatic rings. The minimum Gasteiger partial charge on any atom is -0.376 e. The van der Waals surface area contributed by atoms with Crippen molar-refractivity contribution in [1.29, 1.82) is 0 Å². The van der Waals surface area contributed by atoms with E-state index >= 15 is 0 Å². The lowest BCUT2D eigenvalue weighted by Gasteiger charge is -2.31. The molecule has 0 aliphatic carbocycles. The summed E-state index contributed by atoms with van der Waals surface area (Å²) in [6, 6.07) is 41.8. The Morgan fingerprint density at radius 1 is 0.455 bits per heavy atom. The lowest BCUT2D eigenvalue weighted by molar-refractivity contribution is 0.127. The fourth-order valence-electron chi connectivity index (χ4n) is 8.05. The Balaban J connectivity index is 1.52. The van der Waals surface area contributed by atoms with E-state index in [0.29, 0.717) is 5.56 Å². The van der Waals surface area contributed by atoms with Gasteiger partial charge in [0.1, 0.15) is 11.2 Å². The van der Waals surface area contributed by atoms with Gasteiger partial charge in [0.25, 0.3) is 0 Å². The van der Waals surface area contributed by atoms with Gasteiger partial charge in [0.15, 0.2) is 5.94 Å². The Bertz CT molecular complexity index is 3330. The van der Waals surface area contributed by atoms with Crippen molar-refractivity contribution in [3.8, 4) is 19.5 Å². The van der Waals surface area contributed by atoms with Crippen molar-refractivity contribution in [2.45, 2.75) is 71.3 Å². The minimum atomic E-state index is -1.72. The smallest absolute Gasteiger partial charge is 0.186 e. The second-order valence-electron chi connectivity index (χ2n) is 18.8. The highest BCUT2D eigenvalue weighted by atomic mass is 32.1. The van der Waals surface area contributed by atoms with Crippen LogP contribution in [0.25, 0.3) is 35.0 Å². The summed E-state index contributed by atoms with van der Waals surface area (Å²) in [7, 11) is -3.42. The SMILES string of the molecule is Cc1ccc(C(O)(c2ccc(C)cc2)c2c(-c3ccc([Si](C)(C)C)s3)sc3c(C(O)(c4ccc(C)cc4)c4ccc(C=C=C=C=C=C=C=C=O)cc4)c(-c4ccc([Si](C)(C)C)s4)sc23)cc1. The van der Waals surface area contributed by atoms with Crippen molar-refractivity contribution in [2.24, 2.45) is 0 Å². The summed E-state index contributed by atoms with van der Waals surface area (Å²) in [6.45, 7) is 20.5. The number of thiophene rings is 4. The Kier molecular flexibility index (Phi) is 13.2. The van der Waals surface area contributed by atoms with E-state index in [9.17, 15) is 15.0 Å². The second-order valence-corrected chi connectivity index (χ2v) is 33.8. The molecule has 0 fully saturated rings. The molecule has 4 aromatic carbocycles. The summed E-state index contributed by atoms with van der Waals surface area (Å²) in [6.07, 6.45) is 1.77. The zero-order chi connectivity index (χ0) is 47.0. The lowest BCUT2D eigenvalue weighted by Crippen LogP contribution is -2.34. The van der Waals surface area contributed by atoms with Crippen molar-refractivity contribution < 1.29 is 15.0 Å². The zero-order valence-corrected chi connectivity index (χ0v) is 43.8. The van der Waals surface area contributed by atoms with Crippen LogP contribution in [0.4, 0.5) is 0 Å². The van der Waals surface area contributed by atoms with Gasteiger partial charge in [-0.2, -0.15) is 0 Å². The van der Waals surface area contributed by atoms with E-state index in [4.69, 9.17) is 0 Å². The first-order valence-electron chi connectivity index (χ1n) is 21.7. The van der Waals surface area contributed by atoms with Crippen LogP contribution in [0, 0.1) is 20.8 Å². The molecule has 328 valence electrons. The first kappa shape index (κ1) is 46.9. The third-order valence-corrected chi connectivity index (χ3v) is 24.0. The van der Waals surface area contributed by atoms with Gasteiger partial charge in [-0.3, -0.25) is 0 Å². The number of carbonyl (C=O) groups excluding carboxylic acids is 1. The van der Waals surface area contributed by atoms with E-state index in [0.717, 1.165) is 79.0 Å². The summed E-state index contributed by atoms with van der Waals surface area (Å²) in [5, 5.41) is 28.2. The predicted molar refractivity (Wildman–Crippen MR) is 288 cm³/mol. The Morgan fingerprint density at radius 3 is 1.15 bits per heavy atom. The number of hydrogen-bond acceptors (Lipinski definition) is 7. The fourth-order valence-corrected chi connectivity index (χ4v) is 17.2. The first-order valence-corrected chi connectivity index (χ1v) is 32.0. The molecule has 4 aromatic heterocycles. The molecule has 8 aromatic rings. The molecular formula is C57H50O3S4Si2. The highest BCUT2D eigenvalue weighted by Gasteiger charge is 2.45. The van der Waals surface area contributed by atoms with Crippen molar-refractivity contribution in [2.75, 3.05) is 0 Å². The van der Waals surface area contributed by atoms with E-state index in [-0.39, 0.29) is 0 Å². The van der Waals surface area contributed by atoms with Gasteiger partial charge in [-0.25, -0.2) is 4.79 Å². The first-order chi connectivity index (χ1) is 31.4. The summed E-state index contributed by atoms with van der Waals surface area (Å²) in [5.41, 5.74) is 21.1. The summed E-state index contributed by atoms with van der Waals surface area (Å²) >= 11 is 7.02. The van der Waals surface area contributed by atoms with Gasteiger partial charge in [-0.1, -0.05) is 171 Å². The van der Waals surface area contributed by atoms with Gasteiger partial charge < -0.3 is 10.2 Å². The minimum absolute atomic E-state index is 0.709. The Morgan fingerprint density at radius 2 is 0.803 bits per heavy atom. The van der Waals surface area contributed by atoms with Crippen LogP contribution in [0.1, 0.15) is 55.6 Å². The summed E-state index contributed by atoms with van der Waals surface area (Å²) < 4.78 is 4.68. The number of benzene rings is 4. The van der Waals surface area contributed by atoms with Crippen LogP contribution in [0.15, 0.2) is 156 Å². The van der Waals surface area contributed by atoms with Crippen LogP contribution in [-0.4, -0.2) is 32.3 Å². The maximum absolute atomic E-state index is 14.2. The molecule has 0 amide bonds. The van der Waals surface area contributed by atoms with E-state index in [2.05, 4.69) is 179 Å². The molecule has 0 saturated carbocycles. The highest BCUT2D eigenvalue weighted by Crippen LogP contribution is 2.59. The normalized spacial score (nSPS) is 12.5. The molecule has 0 saturated heterocycles. The number of aryl methyl sites for hydroxylation is 3. The van der Waals surface area contributed by atoms with Crippen LogP contribution in [0.5, 0.6) is 0 Å². The van der Waals surface area contributed by atoms with Crippen molar-refractivity contribution in [1.82, 2.24) is 0 Å². The number of rotatable bonds is 11. The molecule has 3 nitrogen and oxygen atoms in total. The van der Waals surface area contributed by atoms with Crippen LogP contribution in [0.2, 0.25) is 39.3 Å². The van der Waals surface area contributed by atoms with Crippen LogP contribution < -0.4 is 9.00 Å². The molecule has 9 heteroatoms. The van der Waals surface area contributed by atoms with Crippen molar-refractivity contribution in [3.63, 3.8) is 0 Å². The number of aliphatic hydroxyl groups is 2. The van der Waals surface area contributed by atoms with Crippen LogP contribution >= 0.6 is 45.3 Å². The Labute approximate surface area is 406 Å². The maximum atomic E-state index is 14.2. The monoisotopic (exact) mass is 966 g/mol. The second kappa shape index (κ2) is 18.6. The average molecular weight is 967 g/mol. The largest absolute Gasteiger partial charge is 0.376 e. The van der Waals surface area contributed by atoms with Crippen LogP contribution in [-0.2, 0) is 16.0 Å². The summed E-state index contributed by atoms with van der Waals surface area (Å²) in [4.78, 5) is 14.6. The van der Waals surface area contributed by atoms with E-state index in [1.165, 1.54) is 14.9 Å². The molecule has 4 heterocycles. The number of hydrogen-bond donors (Lipinski definition) is 2. The molecule has 1 atom stereocenters. The summed E-state index contributed by atoms with van der Waals surface area (Å²) in [5.74, 6) is 1.50. The molecule has 0 radical (unpaired) electrons. The maximum Gasteiger partial charge on any atom is 0.186 e. The third kappa shape index (κ3) is 9.11. The quantitative estimate of drug-likeness (QED) is 0.0771.